The van der Waals surface area contributed by atoms with E-state index < -0.39 is 28.7 Å². The highest BCUT2D eigenvalue weighted by Gasteiger charge is 2.35. The summed E-state index contributed by atoms with van der Waals surface area (Å²) in [5.74, 6) is -0.674. The van der Waals surface area contributed by atoms with Crippen LogP contribution < -0.4 is 9.62 Å². The van der Waals surface area contributed by atoms with Gasteiger partial charge in [-0.05, 0) is 43.0 Å². The molecule has 0 heterocycles. The van der Waals surface area contributed by atoms with E-state index in [1.165, 1.54) is 14.1 Å². The van der Waals surface area contributed by atoms with Crippen LogP contribution in [-0.4, -0.2) is 62.2 Å². The third-order valence-corrected chi connectivity index (χ3v) is 9.29. The maximum absolute atomic E-state index is 14.3. The molecule has 0 spiro atoms. The average molecular weight is 577 g/mol. The summed E-state index contributed by atoms with van der Waals surface area (Å²) in [5, 5.41) is 3.19. The van der Waals surface area contributed by atoms with Crippen molar-refractivity contribution in [1.29, 1.82) is 0 Å². The van der Waals surface area contributed by atoms with E-state index in [1.54, 1.807) is 35.2 Å². The molecular weight excluding hydrogens is 536 g/mol. The molecule has 1 saturated carbocycles. The van der Waals surface area contributed by atoms with Crippen LogP contribution >= 0.6 is 0 Å². The highest BCUT2D eigenvalue weighted by molar-refractivity contribution is 7.90. The Morgan fingerprint density at radius 1 is 0.878 bits per heavy atom. The maximum Gasteiger partial charge on any atom is 0.304 e. The van der Waals surface area contributed by atoms with Gasteiger partial charge in [0.2, 0.25) is 11.8 Å². The first-order valence-corrected chi connectivity index (χ1v) is 15.5. The Balaban J connectivity index is 1.74. The zero-order valence-corrected chi connectivity index (χ0v) is 24.9. The lowest BCUT2D eigenvalue weighted by molar-refractivity contribution is -0.140. The van der Waals surface area contributed by atoms with Crippen molar-refractivity contribution in [3.63, 3.8) is 0 Å². The molecule has 4 rings (SSSR count). The molecule has 41 heavy (non-hydrogen) atoms. The van der Waals surface area contributed by atoms with Crippen LogP contribution in [0.4, 0.5) is 5.69 Å². The molecule has 1 aliphatic rings. The van der Waals surface area contributed by atoms with Crippen molar-refractivity contribution >= 4 is 27.7 Å². The van der Waals surface area contributed by atoms with E-state index in [4.69, 9.17) is 0 Å². The molecule has 1 aliphatic carbocycles. The van der Waals surface area contributed by atoms with Crippen LogP contribution in [-0.2, 0) is 32.8 Å². The second-order valence-electron chi connectivity index (χ2n) is 10.8. The number of hydrogen-bond donors (Lipinski definition) is 1. The number of para-hydroxylation sites is 1. The first kappa shape index (κ1) is 30.3. The summed E-state index contributed by atoms with van der Waals surface area (Å²) >= 11 is 0. The van der Waals surface area contributed by atoms with Crippen molar-refractivity contribution < 1.29 is 18.0 Å². The van der Waals surface area contributed by atoms with E-state index >= 15 is 0 Å². The Labute approximate surface area is 244 Å². The van der Waals surface area contributed by atoms with Gasteiger partial charge >= 0.3 is 10.2 Å². The number of carbonyl (C=O) groups is 2. The molecule has 0 unspecified atom stereocenters. The standard InChI is InChI=1S/C32H40N4O4S/c1-25-13-12-16-27(21-25)23-35(31(37)24-36(41(39,40)34(2)3)29-19-8-5-9-20-29)30(22-26-14-6-4-7-15-26)32(38)33-28-17-10-11-18-28/h4-9,12-16,19-21,28,30H,10-11,17-18,22-24H2,1-3H3,(H,33,38)/t30-/m1/s1. The zero-order valence-electron chi connectivity index (χ0n) is 24.1. The zero-order chi connectivity index (χ0) is 29.4. The lowest BCUT2D eigenvalue weighted by Crippen LogP contribution is -2.55. The van der Waals surface area contributed by atoms with Gasteiger partial charge in [0.1, 0.15) is 12.6 Å². The number of amides is 2. The van der Waals surface area contributed by atoms with Crippen molar-refractivity contribution in [2.75, 3.05) is 24.9 Å². The van der Waals surface area contributed by atoms with E-state index in [0.717, 1.165) is 51.0 Å². The van der Waals surface area contributed by atoms with Crippen LogP contribution in [0, 0.1) is 6.92 Å². The SMILES string of the molecule is Cc1cccc(CN(C(=O)CN(c2ccccc2)S(=O)(=O)N(C)C)[C@H](Cc2ccccc2)C(=O)NC2CCCC2)c1. The number of carbonyl (C=O) groups excluding carboxylic acids is 2. The van der Waals surface area contributed by atoms with Crippen molar-refractivity contribution in [1.82, 2.24) is 14.5 Å². The molecule has 8 nitrogen and oxygen atoms in total. The van der Waals surface area contributed by atoms with Gasteiger partial charge in [-0.2, -0.15) is 12.7 Å². The molecule has 9 heteroatoms. The normalized spacial score (nSPS) is 14.5. The number of benzene rings is 3. The van der Waals surface area contributed by atoms with Crippen LogP contribution in [0.2, 0.25) is 0 Å². The molecule has 3 aromatic rings. The summed E-state index contributed by atoms with van der Waals surface area (Å²) in [4.78, 5) is 29.8. The predicted octanol–water partition coefficient (Wildman–Crippen LogP) is 4.31. The molecule has 0 radical (unpaired) electrons. The Morgan fingerprint density at radius 2 is 1.49 bits per heavy atom. The quantitative estimate of drug-likeness (QED) is 0.348. The van der Waals surface area contributed by atoms with Gasteiger partial charge in [-0.15, -0.1) is 0 Å². The number of anilines is 1. The highest BCUT2D eigenvalue weighted by atomic mass is 32.2. The molecule has 1 N–H and O–H groups in total. The van der Waals surface area contributed by atoms with Crippen LogP contribution in [0.5, 0.6) is 0 Å². The van der Waals surface area contributed by atoms with Gasteiger partial charge in [-0.3, -0.25) is 9.59 Å². The summed E-state index contributed by atoms with van der Waals surface area (Å²) in [6.07, 6.45) is 4.27. The first-order valence-electron chi connectivity index (χ1n) is 14.1. The van der Waals surface area contributed by atoms with Crippen molar-refractivity contribution in [2.45, 2.75) is 57.7 Å². The molecule has 0 aliphatic heterocycles. The summed E-state index contributed by atoms with van der Waals surface area (Å²) in [6.45, 7) is 1.70. The molecule has 2 amide bonds. The average Bonchev–Trinajstić information content (AvgIpc) is 3.47. The predicted molar refractivity (Wildman–Crippen MR) is 162 cm³/mol. The van der Waals surface area contributed by atoms with E-state index in [9.17, 15) is 18.0 Å². The largest absolute Gasteiger partial charge is 0.352 e. The molecule has 0 aromatic heterocycles. The second-order valence-corrected chi connectivity index (χ2v) is 12.9. The fourth-order valence-electron chi connectivity index (χ4n) is 5.24. The van der Waals surface area contributed by atoms with Crippen molar-refractivity contribution in [3.05, 3.63) is 102 Å². The molecular formula is C32H40N4O4S. The van der Waals surface area contributed by atoms with Crippen LogP contribution in [0.3, 0.4) is 0 Å². The number of hydrogen-bond acceptors (Lipinski definition) is 4. The van der Waals surface area contributed by atoms with Crippen LogP contribution in [0.1, 0.15) is 42.4 Å². The van der Waals surface area contributed by atoms with Crippen molar-refractivity contribution in [3.8, 4) is 0 Å². The number of nitrogens with one attached hydrogen (secondary N) is 1. The molecule has 0 bridgehead atoms. The van der Waals surface area contributed by atoms with Crippen molar-refractivity contribution in [2.24, 2.45) is 0 Å². The van der Waals surface area contributed by atoms with E-state index in [2.05, 4.69) is 5.32 Å². The minimum absolute atomic E-state index is 0.0756. The van der Waals surface area contributed by atoms with E-state index in [-0.39, 0.29) is 18.5 Å². The van der Waals surface area contributed by atoms with Crippen LogP contribution in [0.15, 0.2) is 84.9 Å². The minimum Gasteiger partial charge on any atom is -0.352 e. The Morgan fingerprint density at radius 3 is 2.10 bits per heavy atom. The van der Waals surface area contributed by atoms with Gasteiger partial charge in [0, 0.05) is 33.1 Å². The van der Waals surface area contributed by atoms with Gasteiger partial charge in [0.25, 0.3) is 0 Å². The van der Waals surface area contributed by atoms with Gasteiger partial charge in [-0.1, -0.05) is 91.2 Å². The lowest BCUT2D eigenvalue weighted by Gasteiger charge is -2.35. The lowest BCUT2D eigenvalue weighted by atomic mass is 10.0. The third kappa shape index (κ3) is 7.95. The number of aryl methyl sites for hydroxylation is 1. The summed E-state index contributed by atoms with van der Waals surface area (Å²) in [6, 6.07) is 25.3. The number of nitrogens with zero attached hydrogens (tertiary/aromatic N) is 3. The van der Waals surface area contributed by atoms with Crippen LogP contribution in [0.25, 0.3) is 0 Å². The molecule has 3 aromatic carbocycles. The maximum atomic E-state index is 14.3. The summed E-state index contributed by atoms with van der Waals surface area (Å²) in [7, 11) is -1.13. The monoisotopic (exact) mass is 576 g/mol. The third-order valence-electron chi connectivity index (χ3n) is 7.47. The second kappa shape index (κ2) is 13.8. The fourth-order valence-corrected chi connectivity index (χ4v) is 6.30. The molecule has 218 valence electrons. The molecule has 1 atom stereocenters. The van der Waals surface area contributed by atoms with E-state index in [0.29, 0.717) is 12.1 Å². The Bertz CT molecular complexity index is 1410. The topological polar surface area (TPSA) is 90.0 Å². The van der Waals surface area contributed by atoms with E-state index in [1.807, 2.05) is 61.5 Å². The fraction of sp³-hybridized carbons (Fsp3) is 0.375. The van der Waals surface area contributed by atoms with Gasteiger partial charge in [0.05, 0.1) is 5.69 Å². The molecule has 1 fully saturated rings. The van der Waals surface area contributed by atoms with Gasteiger partial charge in [-0.25, -0.2) is 4.31 Å². The summed E-state index contributed by atoms with van der Waals surface area (Å²) < 4.78 is 29.0. The first-order chi connectivity index (χ1) is 19.6. The number of rotatable bonds is 12. The van der Waals surface area contributed by atoms with Gasteiger partial charge < -0.3 is 10.2 Å². The smallest absolute Gasteiger partial charge is 0.304 e. The van der Waals surface area contributed by atoms with Gasteiger partial charge in [0.15, 0.2) is 0 Å². The Hall–Kier alpha value is -3.69. The Kier molecular flexibility index (Phi) is 10.2. The highest BCUT2D eigenvalue weighted by Crippen LogP contribution is 2.23. The molecule has 0 saturated heterocycles. The minimum atomic E-state index is -4.01. The summed E-state index contributed by atoms with van der Waals surface area (Å²) in [5.41, 5.74) is 3.19.